The van der Waals surface area contributed by atoms with Gasteiger partial charge in [0.15, 0.2) is 5.65 Å². The first-order chi connectivity index (χ1) is 20.0. The molecule has 0 spiro atoms. The lowest BCUT2D eigenvalue weighted by atomic mass is 10.0. The third-order valence-corrected chi connectivity index (χ3v) is 7.90. The zero-order valence-corrected chi connectivity index (χ0v) is 22.7. The number of H-pyrrole nitrogens is 1. The minimum Gasteiger partial charge on any atom is -0.358 e. The summed E-state index contributed by atoms with van der Waals surface area (Å²) in [6, 6.07) is 9.14. The lowest BCUT2D eigenvalue weighted by Crippen LogP contribution is -2.43. The molecule has 0 aliphatic carbocycles. The first kappa shape index (κ1) is 25.5. The number of hydrogen-bond donors (Lipinski definition) is 4. The van der Waals surface area contributed by atoms with Crippen LogP contribution in [0.15, 0.2) is 61.3 Å². The number of nitrogens with one attached hydrogen (secondary N) is 3. The largest absolute Gasteiger partial charge is 0.358 e. The topological polar surface area (TPSA) is 124 Å². The molecule has 11 heteroatoms. The van der Waals surface area contributed by atoms with E-state index in [1.165, 1.54) is 17.7 Å². The standard InChI is InChI=1S/C30H31FN10/c1-40-2-4-41(5-3-40)17-19-7-21(13-33-12-19)22-10-24-28(38-39-29(24)35-14-22)30-36-26-16-34-15-25(27(26)37-30)20-6-18(11-32)8-23(31)9-20/h6-10,12-16,30,36-37H,2-5,11,17,32H2,1H3,(H,35,38,39). The molecular weight excluding hydrogens is 519 g/mol. The van der Waals surface area contributed by atoms with E-state index in [2.05, 4.69) is 64.8 Å². The van der Waals surface area contributed by atoms with Gasteiger partial charge in [-0.3, -0.25) is 20.0 Å². The molecule has 208 valence electrons. The molecule has 7 rings (SSSR count). The van der Waals surface area contributed by atoms with Crippen LogP contribution in [-0.2, 0) is 13.1 Å². The number of nitrogens with zero attached hydrogens (tertiary/aromatic N) is 6. The van der Waals surface area contributed by atoms with Crippen molar-refractivity contribution < 1.29 is 4.39 Å². The number of pyridine rings is 3. The lowest BCUT2D eigenvalue weighted by Gasteiger charge is -2.32. The molecule has 0 saturated carbocycles. The predicted molar refractivity (Wildman–Crippen MR) is 157 cm³/mol. The van der Waals surface area contributed by atoms with Gasteiger partial charge in [0.2, 0.25) is 0 Å². The maximum absolute atomic E-state index is 14.3. The number of aromatic nitrogens is 5. The minimum absolute atomic E-state index is 0.255. The number of nitrogens with two attached hydrogens (primary N) is 1. The summed E-state index contributed by atoms with van der Waals surface area (Å²) in [6.45, 7) is 5.41. The zero-order valence-electron chi connectivity index (χ0n) is 22.7. The maximum Gasteiger partial charge on any atom is 0.181 e. The van der Waals surface area contributed by atoms with Gasteiger partial charge in [-0.1, -0.05) is 0 Å². The molecule has 1 aromatic carbocycles. The molecule has 4 aromatic heterocycles. The Labute approximate surface area is 236 Å². The fourth-order valence-corrected chi connectivity index (χ4v) is 5.64. The van der Waals surface area contributed by atoms with E-state index in [0.29, 0.717) is 11.2 Å². The van der Waals surface area contributed by atoms with Crippen LogP contribution in [0.25, 0.3) is 33.3 Å². The number of benzene rings is 1. The van der Waals surface area contributed by atoms with Crippen molar-refractivity contribution in [3.8, 4) is 22.3 Å². The average Bonchev–Trinajstić information content (AvgIpc) is 3.62. The van der Waals surface area contributed by atoms with Crippen molar-refractivity contribution in [3.63, 3.8) is 0 Å². The van der Waals surface area contributed by atoms with Crippen LogP contribution in [0.1, 0.15) is 23.0 Å². The van der Waals surface area contributed by atoms with Gasteiger partial charge in [-0.25, -0.2) is 9.37 Å². The molecule has 6 heterocycles. The summed E-state index contributed by atoms with van der Waals surface area (Å²) in [5.74, 6) is -0.330. The van der Waals surface area contributed by atoms with Crippen LogP contribution in [-0.4, -0.2) is 68.2 Å². The summed E-state index contributed by atoms with van der Waals surface area (Å²) in [5.41, 5.74) is 14.3. The highest BCUT2D eigenvalue weighted by atomic mass is 19.1. The summed E-state index contributed by atoms with van der Waals surface area (Å²) in [4.78, 5) is 18.4. The number of likely N-dealkylation sites (N-methyl/N-ethyl adjacent to an activating group) is 1. The summed E-state index contributed by atoms with van der Waals surface area (Å²) in [5, 5.41) is 15.5. The molecule has 0 radical (unpaired) electrons. The molecule has 0 amide bonds. The van der Waals surface area contributed by atoms with Crippen molar-refractivity contribution in [3.05, 3.63) is 84.0 Å². The van der Waals surface area contributed by atoms with Gasteiger partial charge in [0.1, 0.15) is 12.0 Å². The van der Waals surface area contributed by atoms with E-state index in [1.807, 2.05) is 24.7 Å². The Balaban J connectivity index is 1.17. The Bertz CT molecular complexity index is 1730. The molecule has 1 unspecified atom stereocenters. The normalized spacial score (nSPS) is 17.4. The molecule has 1 atom stereocenters. The third kappa shape index (κ3) is 4.99. The van der Waals surface area contributed by atoms with Crippen LogP contribution in [0, 0.1) is 5.82 Å². The fourth-order valence-electron chi connectivity index (χ4n) is 5.64. The Morgan fingerprint density at radius 3 is 2.54 bits per heavy atom. The van der Waals surface area contributed by atoms with Crippen LogP contribution in [0.4, 0.5) is 15.8 Å². The lowest BCUT2D eigenvalue weighted by molar-refractivity contribution is 0.148. The minimum atomic E-state index is -0.330. The van der Waals surface area contributed by atoms with E-state index in [-0.39, 0.29) is 18.5 Å². The number of aromatic amines is 1. The van der Waals surface area contributed by atoms with Crippen molar-refractivity contribution in [2.45, 2.75) is 19.3 Å². The highest BCUT2D eigenvalue weighted by molar-refractivity contribution is 5.91. The van der Waals surface area contributed by atoms with Gasteiger partial charge in [0.25, 0.3) is 0 Å². The molecule has 10 nitrogen and oxygen atoms in total. The number of rotatable bonds is 6. The second kappa shape index (κ2) is 10.5. The van der Waals surface area contributed by atoms with Crippen molar-refractivity contribution in [2.24, 2.45) is 5.73 Å². The second-order valence-corrected chi connectivity index (χ2v) is 10.8. The van der Waals surface area contributed by atoms with Crippen LogP contribution in [0.5, 0.6) is 0 Å². The van der Waals surface area contributed by atoms with E-state index in [0.717, 1.165) is 77.4 Å². The molecular formula is C30H31FN10. The van der Waals surface area contributed by atoms with Gasteiger partial charge < -0.3 is 21.3 Å². The third-order valence-electron chi connectivity index (χ3n) is 7.90. The Hall–Kier alpha value is -4.45. The van der Waals surface area contributed by atoms with Gasteiger partial charge in [-0.05, 0) is 54.1 Å². The number of hydrogen-bond acceptors (Lipinski definition) is 9. The molecule has 2 aliphatic rings. The highest BCUT2D eigenvalue weighted by Gasteiger charge is 2.28. The van der Waals surface area contributed by atoms with E-state index in [4.69, 9.17) is 5.73 Å². The maximum atomic E-state index is 14.3. The van der Waals surface area contributed by atoms with Crippen molar-refractivity contribution in [2.75, 3.05) is 43.9 Å². The number of halogens is 1. The first-order valence-electron chi connectivity index (χ1n) is 13.7. The van der Waals surface area contributed by atoms with Gasteiger partial charge >= 0.3 is 0 Å². The zero-order chi connectivity index (χ0) is 27.9. The molecule has 2 aliphatic heterocycles. The van der Waals surface area contributed by atoms with Crippen molar-refractivity contribution >= 4 is 22.4 Å². The molecule has 5 N–H and O–H groups in total. The van der Waals surface area contributed by atoms with Crippen LogP contribution in [0.2, 0.25) is 0 Å². The van der Waals surface area contributed by atoms with E-state index >= 15 is 0 Å². The average molecular weight is 551 g/mol. The second-order valence-electron chi connectivity index (χ2n) is 10.8. The predicted octanol–water partition coefficient (Wildman–Crippen LogP) is 3.96. The molecule has 0 bridgehead atoms. The Kier molecular flexibility index (Phi) is 6.54. The van der Waals surface area contributed by atoms with Gasteiger partial charge in [0.05, 0.1) is 23.3 Å². The van der Waals surface area contributed by atoms with Crippen LogP contribution < -0.4 is 16.4 Å². The number of piperazine rings is 1. The molecule has 1 saturated heterocycles. The Morgan fingerprint density at radius 1 is 0.878 bits per heavy atom. The molecule has 1 fully saturated rings. The first-order valence-corrected chi connectivity index (χ1v) is 13.7. The molecule has 5 aromatic rings. The SMILES string of the molecule is CN1CCN(Cc2cncc(-c3cnc4n[nH]c(C5Nc6cncc(-c7cc(F)cc(CN)c7)c6N5)c4c3)c2)CC1. The van der Waals surface area contributed by atoms with Crippen molar-refractivity contribution in [1.29, 1.82) is 0 Å². The quantitative estimate of drug-likeness (QED) is 0.249. The summed E-state index contributed by atoms with van der Waals surface area (Å²) in [6.07, 6.45) is 8.85. The highest BCUT2D eigenvalue weighted by Crippen LogP contribution is 2.42. The van der Waals surface area contributed by atoms with Gasteiger partial charge in [-0.15, -0.1) is 0 Å². The molecule has 41 heavy (non-hydrogen) atoms. The summed E-state index contributed by atoms with van der Waals surface area (Å²) < 4.78 is 14.3. The van der Waals surface area contributed by atoms with E-state index in [1.54, 1.807) is 12.4 Å². The van der Waals surface area contributed by atoms with Crippen LogP contribution >= 0.6 is 0 Å². The van der Waals surface area contributed by atoms with E-state index < -0.39 is 0 Å². The van der Waals surface area contributed by atoms with Crippen LogP contribution in [0.3, 0.4) is 0 Å². The number of fused-ring (bicyclic) bond motifs is 2. The van der Waals surface area contributed by atoms with E-state index in [9.17, 15) is 4.39 Å². The summed E-state index contributed by atoms with van der Waals surface area (Å²) in [7, 11) is 2.17. The Morgan fingerprint density at radius 2 is 1.68 bits per heavy atom. The smallest absolute Gasteiger partial charge is 0.181 e. The van der Waals surface area contributed by atoms with Gasteiger partial charge in [0, 0.05) is 86.1 Å². The van der Waals surface area contributed by atoms with Crippen molar-refractivity contribution in [1.82, 2.24) is 34.9 Å². The van der Waals surface area contributed by atoms with Gasteiger partial charge in [-0.2, -0.15) is 5.10 Å². The summed E-state index contributed by atoms with van der Waals surface area (Å²) >= 11 is 0. The monoisotopic (exact) mass is 550 g/mol. The fraction of sp³-hybridized carbons (Fsp3) is 0.267. The number of anilines is 2.